The van der Waals surface area contributed by atoms with Crippen LogP contribution < -0.4 is 10.6 Å². The molecule has 1 unspecified atom stereocenters. The number of halogens is 10. The van der Waals surface area contributed by atoms with Crippen molar-refractivity contribution in [2.24, 2.45) is 0 Å². The van der Waals surface area contributed by atoms with Crippen molar-refractivity contribution < 1.29 is 35.9 Å². The predicted octanol–water partition coefficient (Wildman–Crippen LogP) is 7.78. The van der Waals surface area contributed by atoms with Gasteiger partial charge in [-0.15, -0.1) is 0 Å². The van der Waals surface area contributed by atoms with Crippen LogP contribution in [0.3, 0.4) is 0 Å². The van der Waals surface area contributed by atoms with Crippen molar-refractivity contribution in [3.8, 4) is 0 Å². The molecular weight excluding hydrogens is 713 g/mol. The number of hydrogen-bond donors (Lipinski definition) is 2. The van der Waals surface area contributed by atoms with Gasteiger partial charge in [-0.3, -0.25) is 9.59 Å². The van der Waals surface area contributed by atoms with Gasteiger partial charge < -0.3 is 10.6 Å². The van der Waals surface area contributed by atoms with E-state index >= 15 is 0 Å². The zero-order valence-corrected chi connectivity index (χ0v) is 23.5. The lowest BCUT2D eigenvalue weighted by Crippen LogP contribution is -2.47. The minimum Gasteiger partial charge on any atom is -0.345 e. The normalized spacial score (nSPS) is 14.0. The van der Waals surface area contributed by atoms with Crippen LogP contribution in [0.15, 0.2) is 49.8 Å². The summed E-state index contributed by atoms with van der Waals surface area (Å²) in [6, 6.07) is 5.34. The topological polar surface area (TPSA) is 58.2 Å². The monoisotopic (exact) mass is 726 g/mol. The number of carbonyl (C=O) groups excluding carboxylic acids is 2. The molecule has 14 heteroatoms. The fourth-order valence-corrected chi connectivity index (χ4v) is 4.78. The summed E-state index contributed by atoms with van der Waals surface area (Å²) in [7, 11) is 0. The van der Waals surface area contributed by atoms with Gasteiger partial charge in [0.05, 0.1) is 16.5 Å². The smallest absolute Gasteiger partial charge is 0.345 e. The zero-order valence-electron chi connectivity index (χ0n) is 18.0. The first-order chi connectivity index (χ1) is 16.5. The molecule has 0 aliphatic rings. The average molecular weight is 730 g/mol. The minimum absolute atomic E-state index is 0.0283. The van der Waals surface area contributed by atoms with Gasteiger partial charge in [0.1, 0.15) is 12.6 Å². The second-order valence-corrected chi connectivity index (χ2v) is 10.4. The third kappa shape index (κ3) is 8.77. The van der Waals surface area contributed by atoms with Crippen LogP contribution in [-0.2, 0) is 4.79 Å². The Kier molecular flexibility index (Phi) is 10.5. The molecule has 2 N–H and O–H groups in total. The van der Waals surface area contributed by atoms with Gasteiger partial charge in [0.15, 0.2) is 0 Å². The van der Waals surface area contributed by atoms with Crippen molar-refractivity contribution in [1.29, 1.82) is 0 Å². The highest BCUT2D eigenvalue weighted by Gasteiger charge is 2.39. The second kappa shape index (κ2) is 12.3. The van der Waals surface area contributed by atoms with Crippen molar-refractivity contribution in [2.75, 3.05) is 6.54 Å². The first kappa shape index (κ1) is 30.7. The number of rotatable bonds is 7. The van der Waals surface area contributed by atoms with Crippen molar-refractivity contribution in [1.82, 2.24) is 10.6 Å². The van der Waals surface area contributed by atoms with Crippen molar-refractivity contribution in [2.45, 2.75) is 31.2 Å². The van der Waals surface area contributed by atoms with Crippen LogP contribution in [0, 0.1) is 0 Å². The first-order valence-corrected chi connectivity index (χ1v) is 12.6. The first-order valence-electron chi connectivity index (χ1n) is 9.84. The number of carbonyl (C=O) groups is 2. The third-order valence-electron chi connectivity index (χ3n) is 4.64. The summed E-state index contributed by atoms with van der Waals surface area (Å²) in [5.41, 5.74) is 0.297. The summed E-state index contributed by atoms with van der Waals surface area (Å²) in [6.45, 7) is -0.334. The summed E-state index contributed by atoms with van der Waals surface area (Å²) in [5, 5.41) is 4.16. The van der Waals surface area contributed by atoms with Crippen LogP contribution in [0.25, 0.3) is 6.08 Å². The van der Waals surface area contributed by atoms with Crippen molar-refractivity contribution in [3.63, 3.8) is 0 Å². The molecule has 0 radical (unpaired) electrons. The molecule has 0 bridgehead atoms. The fourth-order valence-electron chi connectivity index (χ4n) is 2.87. The molecule has 196 valence electrons. The van der Waals surface area contributed by atoms with Gasteiger partial charge in [-0.05, 0) is 90.1 Å². The van der Waals surface area contributed by atoms with Gasteiger partial charge in [-0.1, -0.05) is 29.8 Å². The van der Waals surface area contributed by atoms with E-state index in [4.69, 9.17) is 11.6 Å². The van der Waals surface area contributed by atoms with Crippen LogP contribution in [-0.4, -0.2) is 36.8 Å². The highest BCUT2D eigenvalue weighted by Crippen LogP contribution is 2.41. The Labute approximate surface area is 232 Å². The number of amides is 2. The molecule has 0 aliphatic heterocycles. The quantitative estimate of drug-likeness (QED) is 0.226. The van der Waals surface area contributed by atoms with E-state index in [1.807, 2.05) is 0 Å². The zero-order chi connectivity index (χ0) is 27.4. The lowest BCUT2D eigenvalue weighted by Gasteiger charge is -2.18. The Hall–Kier alpha value is -1.57. The Morgan fingerprint density at radius 2 is 1.58 bits per heavy atom. The Bertz CT molecular complexity index is 1150. The molecule has 0 saturated heterocycles. The number of nitrogens with one attached hydrogen (secondary N) is 2. The summed E-state index contributed by atoms with van der Waals surface area (Å²) in [6.07, 6.45) is -7.02. The van der Waals surface area contributed by atoms with Gasteiger partial charge in [0.2, 0.25) is 5.91 Å². The van der Waals surface area contributed by atoms with E-state index in [-0.39, 0.29) is 29.6 Å². The molecule has 2 atom stereocenters. The molecular formula is C22H16Br3ClF6N2O2. The molecule has 0 aliphatic carbocycles. The maximum Gasteiger partial charge on any atom is 0.405 e. The minimum atomic E-state index is -4.61. The van der Waals surface area contributed by atoms with E-state index in [9.17, 15) is 35.9 Å². The predicted molar refractivity (Wildman–Crippen MR) is 135 cm³/mol. The van der Waals surface area contributed by atoms with Gasteiger partial charge >= 0.3 is 12.4 Å². The Balaban J connectivity index is 2.19. The van der Waals surface area contributed by atoms with E-state index in [1.165, 1.54) is 43.3 Å². The molecule has 0 fully saturated rings. The van der Waals surface area contributed by atoms with E-state index < -0.39 is 42.7 Å². The number of allylic oxidation sites excluding steroid dienone is 1. The lowest BCUT2D eigenvalue weighted by molar-refractivity contribution is -0.139. The molecule has 2 aromatic rings. The third-order valence-corrected chi connectivity index (χ3v) is 7.41. The van der Waals surface area contributed by atoms with Gasteiger partial charge in [0.25, 0.3) is 5.91 Å². The van der Waals surface area contributed by atoms with E-state index in [1.54, 1.807) is 5.32 Å². The average Bonchev–Trinajstić information content (AvgIpc) is 2.74. The van der Waals surface area contributed by atoms with Crippen LogP contribution in [0.5, 0.6) is 0 Å². The standard InChI is InChI=1S/C22H16Br3ClF6N2O2/c1-10(19(35)33-9-21(27,28)29)34-20(36)13-4-2-11(6-15(13)23)3-5-14(22(30,31)32)12-7-16(24)18(26)17(25)8-12/h2-8,10,14H,9H2,1H3,(H,33,35)(H,34,36)/b5-3+/t10-,14?/m1/s1. The number of benzene rings is 2. The van der Waals surface area contributed by atoms with E-state index in [0.29, 0.717) is 5.56 Å². The molecule has 2 aromatic carbocycles. The maximum absolute atomic E-state index is 13.8. The van der Waals surface area contributed by atoms with Gasteiger partial charge in [0, 0.05) is 13.4 Å². The maximum atomic E-state index is 13.8. The molecule has 36 heavy (non-hydrogen) atoms. The largest absolute Gasteiger partial charge is 0.405 e. The van der Waals surface area contributed by atoms with Crippen molar-refractivity contribution in [3.05, 3.63) is 71.5 Å². The summed E-state index contributed by atoms with van der Waals surface area (Å²) < 4.78 is 78.8. The summed E-state index contributed by atoms with van der Waals surface area (Å²) in [5.74, 6) is -3.76. The van der Waals surface area contributed by atoms with Crippen LogP contribution in [0.1, 0.15) is 34.3 Å². The highest BCUT2D eigenvalue weighted by molar-refractivity contribution is 9.11. The van der Waals surface area contributed by atoms with Gasteiger partial charge in [-0.25, -0.2) is 0 Å². The van der Waals surface area contributed by atoms with Gasteiger partial charge in [-0.2, -0.15) is 26.3 Å². The number of hydrogen-bond acceptors (Lipinski definition) is 2. The summed E-state index contributed by atoms with van der Waals surface area (Å²) in [4.78, 5) is 24.2. The Morgan fingerprint density at radius 1 is 1.00 bits per heavy atom. The number of alkyl halides is 6. The molecule has 0 aromatic heterocycles. The lowest BCUT2D eigenvalue weighted by atomic mass is 9.97. The molecule has 4 nitrogen and oxygen atoms in total. The molecule has 2 rings (SSSR count). The molecule has 0 heterocycles. The van der Waals surface area contributed by atoms with E-state index in [0.717, 1.165) is 6.08 Å². The molecule has 2 amide bonds. The second-order valence-electron chi connectivity index (χ2n) is 7.44. The van der Waals surface area contributed by atoms with E-state index in [2.05, 4.69) is 53.1 Å². The highest BCUT2D eigenvalue weighted by atomic mass is 79.9. The van der Waals surface area contributed by atoms with Crippen LogP contribution in [0.4, 0.5) is 26.3 Å². The Morgan fingerprint density at radius 3 is 2.08 bits per heavy atom. The fraction of sp³-hybridized carbons (Fsp3) is 0.273. The SMILES string of the molecule is C[C@@H](NC(=O)c1ccc(/C=C/C(c2cc(Br)c(Cl)c(Br)c2)C(F)(F)F)cc1Br)C(=O)NCC(F)(F)F. The van der Waals surface area contributed by atoms with Crippen LogP contribution >= 0.6 is 59.4 Å². The molecule has 0 spiro atoms. The van der Waals surface area contributed by atoms with Crippen LogP contribution in [0.2, 0.25) is 5.02 Å². The summed E-state index contributed by atoms with van der Waals surface area (Å²) >= 11 is 15.4. The molecule has 0 saturated carbocycles. The van der Waals surface area contributed by atoms with Crippen molar-refractivity contribution >= 4 is 77.3 Å².